The van der Waals surface area contributed by atoms with Crippen molar-refractivity contribution in [2.45, 2.75) is 19.1 Å². The molecule has 0 aliphatic carbocycles. The molecule has 0 bridgehead atoms. The van der Waals surface area contributed by atoms with Crippen LogP contribution in [-0.4, -0.2) is 21.6 Å². The number of halogens is 3. The SMILES string of the molecule is Cc1cc(F)c(C(O)C(O)CBr)cc1Cl. The van der Waals surface area contributed by atoms with Crippen molar-refractivity contribution >= 4 is 27.5 Å². The summed E-state index contributed by atoms with van der Waals surface area (Å²) < 4.78 is 13.4. The van der Waals surface area contributed by atoms with E-state index in [9.17, 15) is 14.6 Å². The van der Waals surface area contributed by atoms with Crippen molar-refractivity contribution in [1.82, 2.24) is 0 Å². The van der Waals surface area contributed by atoms with Gasteiger partial charge in [-0.3, -0.25) is 0 Å². The molecule has 0 aliphatic heterocycles. The Morgan fingerprint density at radius 1 is 1.47 bits per heavy atom. The van der Waals surface area contributed by atoms with Crippen LogP contribution >= 0.6 is 27.5 Å². The zero-order valence-corrected chi connectivity index (χ0v) is 10.4. The van der Waals surface area contributed by atoms with Gasteiger partial charge in [0, 0.05) is 15.9 Å². The third-order valence-corrected chi connectivity index (χ3v) is 3.19. The highest BCUT2D eigenvalue weighted by Gasteiger charge is 2.21. The lowest BCUT2D eigenvalue weighted by Crippen LogP contribution is -2.20. The van der Waals surface area contributed by atoms with Gasteiger partial charge >= 0.3 is 0 Å². The van der Waals surface area contributed by atoms with Crippen LogP contribution in [-0.2, 0) is 0 Å². The van der Waals surface area contributed by atoms with Crippen molar-refractivity contribution in [3.05, 3.63) is 34.1 Å². The third kappa shape index (κ3) is 2.91. The molecule has 1 aromatic carbocycles. The highest BCUT2D eigenvalue weighted by atomic mass is 79.9. The zero-order valence-electron chi connectivity index (χ0n) is 8.04. The molecular formula is C10H11BrClFO2. The lowest BCUT2D eigenvalue weighted by molar-refractivity contribution is 0.0320. The Balaban J connectivity index is 3.09. The number of aliphatic hydroxyl groups is 2. The van der Waals surface area contributed by atoms with E-state index in [1.807, 2.05) is 0 Å². The van der Waals surface area contributed by atoms with Gasteiger partial charge in [-0.15, -0.1) is 0 Å². The van der Waals surface area contributed by atoms with E-state index < -0.39 is 18.0 Å². The number of benzene rings is 1. The van der Waals surface area contributed by atoms with Crippen LogP contribution < -0.4 is 0 Å². The molecule has 0 amide bonds. The summed E-state index contributed by atoms with van der Waals surface area (Å²) >= 11 is 8.81. The van der Waals surface area contributed by atoms with Crippen molar-refractivity contribution in [3.8, 4) is 0 Å². The minimum atomic E-state index is -1.28. The van der Waals surface area contributed by atoms with Crippen LogP contribution in [0.3, 0.4) is 0 Å². The molecule has 15 heavy (non-hydrogen) atoms. The Kier molecular flexibility index (Phi) is 4.52. The second-order valence-electron chi connectivity index (χ2n) is 3.29. The average Bonchev–Trinajstić information content (AvgIpc) is 2.21. The molecule has 5 heteroatoms. The maximum Gasteiger partial charge on any atom is 0.129 e. The number of hydrogen-bond acceptors (Lipinski definition) is 2. The van der Waals surface area contributed by atoms with Crippen LogP contribution in [0.4, 0.5) is 4.39 Å². The smallest absolute Gasteiger partial charge is 0.129 e. The van der Waals surface area contributed by atoms with Crippen molar-refractivity contribution < 1.29 is 14.6 Å². The van der Waals surface area contributed by atoms with Gasteiger partial charge in [0.2, 0.25) is 0 Å². The Morgan fingerprint density at radius 2 is 2.07 bits per heavy atom. The van der Waals surface area contributed by atoms with Gasteiger partial charge in [-0.25, -0.2) is 4.39 Å². The molecule has 2 N–H and O–H groups in total. The quantitative estimate of drug-likeness (QED) is 0.842. The van der Waals surface area contributed by atoms with Gasteiger partial charge in [-0.2, -0.15) is 0 Å². The van der Waals surface area contributed by atoms with Crippen molar-refractivity contribution in [1.29, 1.82) is 0 Å². The number of alkyl halides is 1. The highest BCUT2D eigenvalue weighted by Crippen LogP contribution is 2.26. The van der Waals surface area contributed by atoms with Gasteiger partial charge < -0.3 is 10.2 Å². The maximum absolute atomic E-state index is 13.4. The van der Waals surface area contributed by atoms with Gasteiger partial charge in [0.05, 0.1) is 6.10 Å². The van der Waals surface area contributed by atoms with Gasteiger partial charge in [0.1, 0.15) is 11.9 Å². The van der Waals surface area contributed by atoms with Crippen molar-refractivity contribution in [3.63, 3.8) is 0 Å². The van der Waals surface area contributed by atoms with E-state index in [0.717, 1.165) is 0 Å². The molecule has 2 unspecified atom stereocenters. The predicted molar refractivity (Wildman–Crippen MR) is 60.9 cm³/mol. The lowest BCUT2D eigenvalue weighted by Gasteiger charge is -2.17. The number of hydrogen-bond donors (Lipinski definition) is 2. The minimum absolute atomic E-state index is 0.0116. The number of aliphatic hydroxyl groups excluding tert-OH is 2. The Bertz CT molecular complexity index is 360. The average molecular weight is 298 g/mol. The summed E-state index contributed by atoms with van der Waals surface area (Å²) in [6.45, 7) is 1.67. The molecule has 0 saturated carbocycles. The van der Waals surface area contributed by atoms with Crippen molar-refractivity contribution in [2.24, 2.45) is 0 Å². The first-order chi connectivity index (χ1) is 6.97. The molecule has 0 spiro atoms. The van der Waals surface area contributed by atoms with Crippen LogP contribution in [0.25, 0.3) is 0 Å². The van der Waals surface area contributed by atoms with Crippen molar-refractivity contribution in [2.75, 3.05) is 5.33 Å². The van der Waals surface area contributed by atoms with Crippen LogP contribution in [0.5, 0.6) is 0 Å². The first-order valence-electron chi connectivity index (χ1n) is 4.35. The zero-order chi connectivity index (χ0) is 11.6. The maximum atomic E-state index is 13.4. The van der Waals surface area contributed by atoms with E-state index in [2.05, 4.69) is 15.9 Å². The fraction of sp³-hybridized carbons (Fsp3) is 0.400. The molecule has 1 aromatic rings. The molecule has 0 aromatic heterocycles. The van der Waals surface area contributed by atoms with Gasteiger partial charge in [0.25, 0.3) is 0 Å². The van der Waals surface area contributed by atoms with E-state index >= 15 is 0 Å². The standard InChI is InChI=1S/C10H11BrClFO2/c1-5-2-8(13)6(3-7(5)12)10(15)9(14)4-11/h2-3,9-10,14-15H,4H2,1H3. The molecule has 2 atom stereocenters. The largest absolute Gasteiger partial charge is 0.389 e. The minimum Gasteiger partial charge on any atom is -0.389 e. The fourth-order valence-corrected chi connectivity index (χ4v) is 1.71. The molecule has 0 aliphatic rings. The second-order valence-corrected chi connectivity index (χ2v) is 4.34. The molecule has 0 heterocycles. The summed E-state index contributed by atoms with van der Waals surface area (Å²) in [6, 6.07) is 2.57. The molecule has 2 nitrogen and oxygen atoms in total. The second kappa shape index (κ2) is 5.25. The highest BCUT2D eigenvalue weighted by molar-refractivity contribution is 9.09. The topological polar surface area (TPSA) is 40.5 Å². The van der Waals surface area contributed by atoms with Crippen LogP contribution in [0.1, 0.15) is 17.2 Å². The summed E-state index contributed by atoms with van der Waals surface area (Å²) in [5.41, 5.74) is 0.607. The molecule has 0 fully saturated rings. The van der Waals surface area contributed by atoms with E-state index in [1.54, 1.807) is 6.92 Å². The lowest BCUT2D eigenvalue weighted by atomic mass is 10.0. The Morgan fingerprint density at radius 3 is 2.60 bits per heavy atom. The predicted octanol–water partition coefficient (Wildman–Crippen LogP) is 2.58. The Hall–Kier alpha value is -0.160. The first-order valence-corrected chi connectivity index (χ1v) is 5.85. The van der Waals surface area contributed by atoms with Gasteiger partial charge in [0.15, 0.2) is 0 Å². The summed E-state index contributed by atoms with van der Waals surface area (Å²) in [5, 5.41) is 19.5. The van der Waals surface area contributed by atoms with Crippen LogP contribution in [0.15, 0.2) is 12.1 Å². The summed E-state index contributed by atoms with van der Waals surface area (Å²) in [6.07, 6.45) is -2.33. The normalized spacial score (nSPS) is 15.1. The Labute approximate surface area is 101 Å². The molecule has 84 valence electrons. The van der Waals surface area contributed by atoms with E-state index in [0.29, 0.717) is 10.6 Å². The van der Waals surface area contributed by atoms with Crippen LogP contribution in [0, 0.1) is 12.7 Å². The fourth-order valence-electron chi connectivity index (χ4n) is 1.18. The van der Waals surface area contributed by atoms with E-state index in [4.69, 9.17) is 11.6 Å². The third-order valence-electron chi connectivity index (χ3n) is 2.12. The van der Waals surface area contributed by atoms with E-state index in [1.165, 1.54) is 12.1 Å². The molecular weight excluding hydrogens is 286 g/mol. The first kappa shape index (κ1) is 12.9. The van der Waals surface area contributed by atoms with Gasteiger partial charge in [-0.05, 0) is 24.6 Å². The van der Waals surface area contributed by atoms with E-state index in [-0.39, 0.29) is 10.9 Å². The number of rotatable bonds is 3. The van der Waals surface area contributed by atoms with Gasteiger partial charge in [-0.1, -0.05) is 27.5 Å². The molecule has 0 radical (unpaired) electrons. The molecule has 1 rings (SSSR count). The summed E-state index contributed by atoms with van der Waals surface area (Å²) in [4.78, 5) is 0. The number of aryl methyl sites for hydroxylation is 1. The summed E-state index contributed by atoms with van der Waals surface area (Å²) in [7, 11) is 0. The monoisotopic (exact) mass is 296 g/mol. The van der Waals surface area contributed by atoms with Crippen LogP contribution in [0.2, 0.25) is 5.02 Å². The molecule has 0 saturated heterocycles. The summed E-state index contributed by atoms with van der Waals surface area (Å²) in [5.74, 6) is -0.565.